The van der Waals surface area contributed by atoms with Crippen molar-refractivity contribution in [1.82, 2.24) is 4.98 Å². The molecule has 6 nitrogen and oxygen atoms in total. The topological polar surface area (TPSA) is 86.2 Å². The summed E-state index contributed by atoms with van der Waals surface area (Å²) in [4.78, 5) is 26.5. The highest BCUT2D eigenvalue weighted by atomic mass is 127. The van der Waals surface area contributed by atoms with Crippen LogP contribution in [-0.4, -0.2) is 9.91 Å². The molecule has 3 rings (SSSR count). The lowest BCUT2D eigenvalue weighted by Gasteiger charge is -2.02. The van der Waals surface area contributed by atoms with Gasteiger partial charge in [0.1, 0.15) is 0 Å². The van der Waals surface area contributed by atoms with Gasteiger partial charge >= 0.3 is 5.63 Å². The van der Waals surface area contributed by atoms with Gasteiger partial charge in [-0.25, -0.2) is 9.78 Å². The monoisotopic (exact) mass is 394 g/mol. The van der Waals surface area contributed by atoms with Crippen LogP contribution < -0.4 is 5.63 Å². The van der Waals surface area contributed by atoms with Crippen LogP contribution in [0, 0.1) is 13.7 Å². The van der Waals surface area contributed by atoms with Crippen molar-refractivity contribution >= 4 is 39.2 Å². The molecule has 7 heteroatoms. The maximum atomic E-state index is 12.0. The van der Waals surface area contributed by atoms with E-state index in [9.17, 15) is 14.9 Å². The Bertz CT molecular complexity index is 920. The van der Waals surface area contributed by atoms with Crippen molar-refractivity contribution < 1.29 is 9.34 Å². The van der Waals surface area contributed by atoms with Crippen LogP contribution in [0.3, 0.4) is 0 Å². The summed E-state index contributed by atoms with van der Waals surface area (Å²) in [5.41, 5.74) is 0.287. The smallest absolute Gasteiger partial charge is 0.347 e. The minimum Gasteiger partial charge on any atom is -0.403 e. The predicted molar refractivity (Wildman–Crippen MR) is 85.1 cm³/mol. The first-order valence-corrected chi connectivity index (χ1v) is 6.98. The Morgan fingerprint density at radius 3 is 2.76 bits per heavy atom. The number of fused-ring (bicyclic) bond motifs is 1. The molecular formula is C14H7IN2O4. The molecule has 0 aliphatic carbocycles. The summed E-state index contributed by atoms with van der Waals surface area (Å²) >= 11 is 2.09. The number of hydrogen-bond donors (Lipinski definition) is 0. The molecule has 0 fully saturated rings. The average molecular weight is 394 g/mol. The number of non-ortho nitro benzene ring substituents is 1. The Labute approximate surface area is 131 Å². The molecule has 1 heterocycles. The predicted octanol–water partition coefficient (Wildman–Crippen LogP) is 3.37. The largest absolute Gasteiger partial charge is 0.403 e. The number of halogens is 1. The third-order valence-corrected chi connectivity index (χ3v) is 3.56. The summed E-state index contributed by atoms with van der Waals surface area (Å²) in [6.07, 6.45) is 0. The Balaban J connectivity index is 2.22. The number of nitrogens with zero attached hydrogens (tertiary/aromatic N) is 2. The quantitative estimate of drug-likeness (QED) is 0.378. The molecule has 1 aromatic heterocycles. The molecule has 21 heavy (non-hydrogen) atoms. The van der Waals surface area contributed by atoms with Crippen LogP contribution in [0.2, 0.25) is 0 Å². The highest BCUT2D eigenvalue weighted by Gasteiger charge is 2.12. The van der Waals surface area contributed by atoms with Crippen LogP contribution in [0.5, 0.6) is 0 Å². The lowest BCUT2D eigenvalue weighted by molar-refractivity contribution is -0.384. The van der Waals surface area contributed by atoms with E-state index in [-0.39, 0.29) is 11.6 Å². The summed E-state index contributed by atoms with van der Waals surface area (Å²) in [6, 6.07) is 11.0. The number of benzene rings is 2. The molecule has 0 atom stereocenters. The minimum absolute atomic E-state index is 0.0670. The van der Waals surface area contributed by atoms with E-state index in [2.05, 4.69) is 27.6 Å². The normalized spacial score (nSPS) is 10.7. The zero-order chi connectivity index (χ0) is 15.0. The Morgan fingerprint density at radius 2 is 2.00 bits per heavy atom. The van der Waals surface area contributed by atoms with E-state index in [1.54, 1.807) is 18.2 Å². The lowest BCUT2D eigenvalue weighted by Crippen LogP contribution is -2.03. The van der Waals surface area contributed by atoms with Gasteiger partial charge in [-0.3, -0.25) is 10.1 Å². The van der Waals surface area contributed by atoms with Gasteiger partial charge in [-0.05, 0) is 46.9 Å². The molecule has 0 saturated heterocycles. The fraction of sp³-hybridized carbons (Fsp3) is 0. The molecule has 0 spiro atoms. The van der Waals surface area contributed by atoms with Crippen molar-refractivity contribution in [2.45, 2.75) is 0 Å². The van der Waals surface area contributed by atoms with Crippen molar-refractivity contribution in [2.75, 3.05) is 0 Å². The molecule has 0 unspecified atom stereocenters. The highest BCUT2D eigenvalue weighted by molar-refractivity contribution is 14.1. The van der Waals surface area contributed by atoms with Gasteiger partial charge in [0.25, 0.3) is 5.69 Å². The molecule has 0 bridgehead atoms. The van der Waals surface area contributed by atoms with E-state index < -0.39 is 10.5 Å². The summed E-state index contributed by atoms with van der Waals surface area (Å²) < 4.78 is 6.07. The van der Waals surface area contributed by atoms with Gasteiger partial charge in [-0.1, -0.05) is 6.07 Å². The zero-order valence-electron chi connectivity index (χ0n) is 10.4. The molecule has 3 aromatic rings. The molecule has 104 valence electrons. The number of rotatable bonds is 2. The van der Waals surface area contributed by atoms with Crippen molar-refractivity contribution in [2.24, 2.45) is 0 Å². The molecule has 0 aliphatic rings. The second-order valence-corrected chi connectivity index (χ2v) is 5.52. The van der Waals surface area contributed by atoms with Crippen LogP contribution in [-0.2, 0) is 0 Å². The van der Waals surface area contributed by atoms with Crippen molar-refractivity contribution in [1.29, 1.82) is 0 Å². The third-order valence-electron chi connectivity index (χ3n) is 2.89. The first-order valence-electron chi connectivity index (χ1n) is 5.90. The standard InChI is InChI=1S/C14H7IN2O4/c15-9-4-5-12-11(7-9)14(18)21-13(16-12)8-2-1-3-10(6-8)17(19)20/h1-7H. The fourth-order valence-electron chi connectivity index (χ4n) is 1.92. The summed E-state index contributed by atoms with van der Waals surface area (Å²) in [7, 11) is 0. The van der Waals surface area contributed by atoms with Gasteiger partial charge in [-0.15, -0.1) is 0 Å². The highest BCUT2D eigenvalue weighted by Crippen LogP contribution is 2.23. The molecule has 0 radical (unpaired) electrons. The van der Waals surface area contributed by atoms with Crippen molar-refractivity contribution in [3.8, 4) is 11.5 Å². The van der Waals surface area contributed by atoms with Gasteiger partial charge in [0, 0.05) is 21.3 Å². The maximum absolute atomic E-state index is 12.0. The molecule has 0 N–H and O–H groups in total. The Kier molecular flexibility index (Phi) is 3.42. The number of nitro groups is 1. The zero-order valence-corrected chi connectivity index (χ0v) is 12.6. The molecule has 0 amide bonds. The van der Waals surface area contributed by atoms with Gasteiger partial charge in [0.05, 0.1) is 15.8 Å². The van der Waals surface area contributed by atoms with Crippen molar-refractivity contribution in [3.05, 3.63) is 66.6 Å². The van der Waals surface area contributed by atoms with E-state index in [1.165, 1.54) is 18.2 Å². The molecule has 0 aliphatic heterocycles. The van der Waals surface area contributed by atoms with Crippen LogP contribution in [0.4, 0.5) is 5.69 Å². The second-order valence-electron chi connectivity index (χ2n) is 4.28. The SMILES string of the molecule is O=c1oc(-c2cccc([N+](=O)[O-])c2)nc2ccc(I)cc12. The summed E-state index contributed by atoms with van der Waals surface area (Å²) in [5.74, 6) is 0.0670. The van der Waals surface area contributed by atoms with E-state index >= 15 is 0 Å². The number of nitro benzene ring substituents is 1. The summed E-state index contributed by atoms with van der Waals surface area (Å²) in [6.45, 7) is 0. The van der Waals surface area contributed by atoms with Gasteiger partial charge in [0.15, 0.2) is 0 Å². The number of hydrogen-bond acceptors (Lipinski definition) is 5. The van der Waals surface area contributed by atoms with Gasteiger partial charge < -0.3 is 4.42 Å². The molecule has 0 saturated carbocycles. The first-order chi connectivity index (χ1) is 10.0. The van der Waals surface area contributed by atoms with Crippen LogP contribution >= 0.6 is 22.6 Å². The molecular weight excluding hydrogens is 387 g/mol. The van der Waals surface area contributed by atoms with Crippen LogP contribution in [0.15, 0.2) is 51.7 Å². The van der Waals surface area contributed by atoms with E-state index in [4.69, 9.17) is 4.42 Å². The van der Waals surface area contributed by atoms with Crippen LogP contribution in [0.25, 0.3) is 22.4 Å². The third kappa shape index (κ3) is 2.64. The molecule has 2 aromatic carbocycles. The van der Waals surface area contributed by atoms with E-state index in [0.717, 1.165) is 3.57 Å². The Morgan fingerprint density at radius 1 is 1.19 bits per heavy atom. The number of aromatic nitrogens is 1. The minimum atomic E-state index is -0.514. The van der Waals surface area contributed by atoms with Crippen LogP contribution in [0.1, 0.15) is 0 Å². The summed E-state index contributed by atoms with van der Waals surface area (Å²) in [5, 5.41) is 11.2. The average Bonchev–Trinajstić information content (AvgIpc) is 2.48. The maximum Gasteiger partial charge on any atom is 0.347 e. The van der Waals surface area contributed by atoms with E-state index in [0.29, 0.717) is 16.5 Å². The van der Waals surface area contributed by atoms with Crippen molar-refractivity contribution in [3.63, 3.8) is 0 Å². The lowest BCUT2D eigenvalue weighted by atomic mass is 10.2. The first kappa shape index (κ1) is 13.7. The van der Waals surface area contributed by atoms with Gasteiger partial charge in [0.2, 0.25) is 5.89 Å². The fourth-order valence-corrected chi connectivity index (χ4v) is 2.41. The van der Waals surface area contributed by atoms with Gasteiger partial charge in [-0.2, -0.15) is 0 Å². The Hall–Kier alpha value is -2.29. The second kappa shape index (κ2) is 5.24. The van der Waals surface area contributed by atoms with E-state index in [1.807, 2.05) is 6.07 Å².